The molecule has 0 unspecified atom stereocenters. The van der Waals surface area contributed by atoms with Crippen LogP contribution in [0, 0.1) is 6.92 Å². The first-order valence-electron chi connectivity index (χ1n) is 7.74. The van der Waals surface area contributed by atoms with Crippen LogP contribution in [0.15, 0.2) is 12.1 Å². The van der Waals surface area contributed by atoms with Gasteiger partial charge in [-0.1, -0.05) is 6.07 Å². The number of fused-ring (bicyclic) bond motifs is 1. The molecule has 4 nitrogen and oxygen atoms in total. The summed E-state index contributed by atoms with van der Waals surface area (Å²) in [6.45, 7) is 3.24. The highest BCUT2D eigenvalue weighted by atomic mass is 35.5. The molecule has 0 aliphatic carbocycles. The summed E-state index contributed by atoms with van der Waals surface area (Å²) in [4.78, 5) is 4.49. The lowest BCUT2D eigenvalue weighted by atomic mass is 10.1. The number of hydrogen-bond acceptors (Lipinski definition) is 3. The number of benzene rings is 1. The number of rotatable bonds is 4. The van der Waals surface area contributed by atoms with Crippen molar-refractivity contribution in [2.75, 3.05) is 13.6 Å². The molecule has 1 aliphatic rings. The second kappa shape index (κ2) is 5.02. The van der Waals surface area contributed by atoms with Gasteiger partial charge in [-0.2, -0.15) is 0 Å². The Morgan fingerprint density at radius 3 is 3.11 bits per heavy atom. The van der Waals surface area contributed by atoms with Crippen molar-refractivity contribution in [2.24, 2.45) is 0 Å². The Bertz CT molecular complexity index is 695. The van der Waals surface area contributed by atoms with Crippen molar-refractivity contribution in [3.63, 3.8) is 0 Å². The second-order valence-corrected chi connectivity index (χ2v) is 5.00. The molecule has 102 valence electrons. The van der Waals surface area contributed by atoms with Crippen molar-refractivity contribution < 1.29 is 13.6 Å². The number of imidazole rings is 1. The molecule has 1 saturated heterocycles. The average molecular weight is 284 g/mol. The maximum absolute atomic E-state index is 7.33. The zero-order chi connectivity index (χ0) is 15.9. The number of nitrogens with zero attached hydrogens (tertiary/aromatic N) is 2. The highest BCUT2D eigenvalue weighted by Crippen LogP contribution is 2.30. The molecule has 3 rings (SSSR count). The van der Waals surface area contributed by atoms with E-state index < -0.39 is 7.04 Å². The molecule has 0 spiro atoms. The van der Waals surface area contributed by atoms with Crippen LogP contribution in [0.2, 0.25) is 0 Å². The minimum Gasteiger partial charge on any atom is -0.494 e. The molecule has 0 bridgehead atoms. The van der Waals surface area contributed by atoms with Gasteiger partial charge in [0.2, 0.25) is 0 Å². The van der Waals surface area contributed by atoms with E-state index in [1.807, 2.05) is 16.7 Å². The lowest BCUT2D eigenvalue weighted by molar-refractivity contribution is -0.0589. The van der Waals surface area contributed by atoms with E-state index in [0.717, 1.165) is 24.1 Å². The van der Waals surface area contributed by atoms with Crippen molar-refractivity contribution >= 4 is 22.6 Å². The van der Waals surface area contributed by atoms with Crippen LogP contribution >= 0.6 is 11.6 Å². The molecule has 19 heavy (non-hydrogen) atoms. The van der Waals surface area contributed by atoms with Gasteiger partial charge in [0, 0.05) is 6.61 Å². The van der Waals surface area contributed by atoms with Gasteiger partial charge < -0.3 is 14.0 Å². The highest BCUT2D eigenvalue weighted by Gasteiger charge is 2.22. The number of hydrogen-bond donors (Lipinski definition) is 0. The molecular formula is C14H17ClN2O2. The van der Waals surface area contributed by atoms with E-state index in [2.05, 4.69) is 4.98 Å². The fourth-order valence-corrected chi connectivity index (χ4v) is 2.59. The van der Waals surface area contributed by atoms with Crippen LogP contribution in [0.1, 0.15) is 21.9 Å². The fraction of sp³-hybridized carbons (Fsp3) is 0.500. The number of alkyl halides is 1. The van der Waals surface area contributed by atoms with Crippen molar-refractivity contribution in [1.29, 1.82) is 0 Å². The van der Waals surface area contributed by atoms with Crippen LogP contribution in [0.5, 0.6) is 5.75 Å². The topological polar surface area (TPSA) is 36.3 Å². The van der Waals surface area contributed by atoms with Crippen molar-refractivity contribution in [1.82, 2.24) is 9.55 Å². The Morgan fingerprint density at radius 1 is 1.63 bits per heavy atom. The first kappa shape index (κ1) is 9.61. The molecule has 1 aromatic carbocycles. The van der Waals surface area contributed by atoms with E-state index in [9.17, 15) is 0 Å². The highest BCUT2D eigenvalue weighted by molar-refractivity contribution is 6.16. The summed E-state index contributed by atoms with van der Waals surface area (Å²) in [6, 6.07) is 3.75. The van der Waals surface area contributed by atoms with E-state index in [4.69, 9.17) is 25.2 Å². The lowest BCUT2D eigenvalue weighted by Gasteiger charge is -2.27. The third-order valence-corrected chi connectivity index (χ3v) is 3.79. The predicted molar refractivity (Wildman–Crippen MR) is 74.9 cm³/mol. The SMILES string of the molecule is [2H]C([2H])([2H])Oc1c(C)ccc2c1nc(CCl)n2C[C@@H]1CCO1. The molecule has 5 heteroatoms. The maximum Gasteiger partial charge on any atom is 0.149 e. The third kappa shape index (κ3) is 2.09. The standard InChI is InChI=1S/C14H17ClN2O2/c1-9-3-4-11-13(14(9)18-2)16-12(7-15)17(11)8-10-5-6-19-10/h3-4,10H,5-8H2,1-2H3/t10-/m0/s1/i2D3. The van der Waals surface area contributed by atoms with Crippen molar-refractivity contribution in [3.8, 4) is 5.75 Å². The number of aryl methyl sites for hydroxylation is 1. The molecule has 1 fully saturated rings. The van der Waals surface area contributed by atoms with Crippen molar-refractivity contribution in [3.05, 3.63) is 23.5 Å². The molecule has 2 heterocycles. The van der Waals surface area contributed by atoms with Gasteiger partial charge in [0.1, 0.15) is 17.1 Å². The van der Waals surface area contributed by atoms with Crippen LogP contribution in [-0.4, -0.2) is 29.3 Å². The Kier molecular flexibility index (Phi) is 2.54. The summed E-state index contributed by atoms with van der Waals surface area (Å²) in [5.41, 5.74) is 2.08. The van der Waals surface area contributed by atoms with Gasteiger partial charge in [-0.25, -0.2) is 4.98 Å². The molecule has 0 N–H and O–H groups in total. The van der Waals surface area contributed by atoms with Gasteiger partial charge in [-0.05, 0) is 25.0 Å². The molecule has 1 aromatic heterocycles. The minimum atomic E-state index is -2.51. The summed E-state index contributed by atoms with van der Waals surface area (Å²) in [5.74, 6) is 1.22. The quantitative estimate of drug-likeness (QED) is 0.810. The minimum absolute atomic E-state index is 0.160. The van der Waals surface area contributed by atoms with E-state index in [0.29, 0.717) is 17.9 Å². The first-order valence-corrected chi connectivity index (χ1v) is 6.78. The number of methoxy groups -OCH3 is 1. The smallest absolute Gasteiger partial charge is 0.149 e. The summed E-state index contributed by atoms with van der Waals surface area (Å²) < 4.78 is 34.6. The van der Waals surface area contributed by atoms with Crippen molar-refractivity contribution in [2.45, 2.75) is 31.9 Å². The third-order valence-electron chi connectivity index (χ3n) is 3.55. The second-order valence-electron chi connectivity index (χ2n) is 4.74. The number of aromatic nitrogens is 2. The molecule has 1 atom stereocenters. The summed E-state index contributed by atoms with van der Waals surface area (Å²) in [5, 5.41) is 0. The summed E-state index contributed by atoms with van der Waals surface area (Å²) >= 11 is 6.00. The van der Waals surface area contributed by atoms with Gasteiger partial charge >= 0.3 is 0 Å². The molecule has 2 aromatic rings. The fourth-order valence-electron chi connectivity index (χ4n) is 2.38. The maximum atomic E-state index is 7.33. The van der Waals surface area contributed by atoms with E-state index in [-0.39, 0.29) is 17.7 Å². The van der Waals surface area contributed by atoms with Gasteiger partial charge in [0.15, 0.2) is 0 Å². The monoisotopic (exact) mass is 283 g/mol. The lowest BCUT2D eigenvalue weighted by Crippen LogP contribution is -2.31. The Morgan fingerprint density at radius 2 is 2.47 bits per heavy atom. The van der Waals surface area contributed by atoms with E-state index >= 15 is 0 Å². The van der Waals surface area contributed by atoms with Crippen LogP contribution in [0.4, 0.5) is 0 Å². The first-order chi connectivity index (χ1) is 10.4. The Labute approximate surface area is 121 Å². The van der Waals surface area contributed by atoms with Gasteiger partial charge in [-0.15, -0.1) is 11.6 Å². The molecule has 0 radical (unpaired) electrons. The molecule has 0 amide bonds. The molecule has 1 aliphatic heterocycles. The molecule has 0 saturated carbocycles. The van der Waals surface area contributed by atoms with Crippen LogP contribution < -0.4 is 4.74 Å². The number of ether oxygens (including phenoxy) is 2. The largest absolute Gasteiger partial charge is 0.494 e. The Balaban J connectivity index is 2.09. The Hall–Kier alpha value is -1.26. The summed E-state index contributed by atoms with van der Waals surface area (Å²) in [6.07, 6.45) is 1.17. The van der Waals surface area contributed by atoms with Gasteiger partial charge in [0.05, 0.1) is 35.2 Å². The predicted octanol–water partition coefficient (Wildman–Crippen LogP) is 2.88. The van der Waals surface area contributed by atoms with E-state index in [1.165, 1.54) is 0 Å². The zero-order valence-electron chi connectivity index (χ0n) is 13.6. The van der Waals surface area contributed by atoms with Crippen LogP contribution in [0.25, 0.3) is 11.0 Å². The normalized spacial score (nSPS) is 21.6. The average Bonchev–Trinajstić information content (AvgIpc) is 2.74. The van der Waals surface area contributed by atoms with Crippen LogP contribution in [-0.2, 0) is 17.2 Å². The van der Waals surface area contributed by atoms with Crippen LogP contribution in [0.3, 0.4) is 0 Å². The van der Waals surface area contributed by atoms with Gasteiger partial charge in [0.25, 0.3) is 0 Å². The van der Waals surface area contributed by atoms with Gasteiger partial charge in [-0.3, -0.25) is 0 Å². The van der Waals surface area contributed by atoms with E-state index in [1.54, 1.807) is 6.92 Å². The number of halogens is 1. The zero-order valence-corrected chi connectivity index (χ0v) is 11.4. The molecular weight excluding hydrogens is 264 g/mol. The summed E-state index contributed by atoms with van der Waals surface area (Å²) in [7, 11) is -2.51.